The Labute approximate surface area is 165 Å². The van der Waals surface area contributed by atoms with Gasteiger partial charge in [0.05, 0.1) is 12.1 Å². The molecule has 1 aromatic heterocycles. The van der Waals surface area contributed by atoms with Gasteiger partial charge in [-0.2, -0.15) is 0 Å². The number of aliphatic carboxylic acids is 1. The number of benzene rings is 2. The zero-order valence-electron chi connectivity index (χ0n) is 15.4. The normalized spacial score (nSPS) is 19.7. The molecule has 0 fully saturated rings. The van der Waals surface area contributed by atoms with Crippen molar-refractivity contribution in [1.29, 1.82) is 0 Å². The highest BCUT2D eigenvalue weighted by Gasteiger charge is 2.34. The first-order valence-corrected chi connectivity index (χ1v) is 9.35. The number of rotatable bonds is 4. The Morgan fingerprint density at radius 1 is 1.14 bits per heavy atom. The van der Waals surface area contributed by atoms with E-state index in [-0.39, 0.29) is 18.7 Å². The van der Waals surface area contributed by atoms with Crippen LogP contribution in [0, 0.1) is 0 Å². The maximum atomic E-state index is 12.6. The first-order chi connectivity index (χ1) is 14.1. The summed E-state index contributed by atoms with van der Waals surface area (Å²) in [5, 5.41) is 15.8. The lowest BCUT2D eigenvalue weighted by atomic mass is 9.90. The first kappa shape index (κ1) is 17.6. The van der Waals surface area contributed by atoms with E-state index in [0.29, 0.717) is 17.9 Å². The second-order valence-corrected chi connectivity index (χ2v) is 7.14. The summed E-state index contributed by atoms with van der Waals surface area (Å²) in [5.41, 5.74) is 3.97. The van der Waals surface area contributed by atoms with E-state index in [0.717, 1.165) is 27.7 Å². The Morgan fingerprint density at radius 2 is 1.97 bits per heavy atom. The van der Waals surface area contributed by atoms with E-state index in [1.807, 2.05) is 42.5 Å². The van der Waals surface area contributed by atoms with Crippen molar-refractivity contribution >= 4 is 22.8 Å². The quantitative estimate of drug-likeness (QED) is 0.537. The molecule has 0 saturated carbocycles. The van der Waals surface area contributed by atoms with Crippen LogP contribution in [0.1, 0.15) is 22.9 Å². The molecular formula is C21H19N3O5. The van der Waals surface area contributed by atoms with Gasteiger partial charge in [0, 0.05) is 16.6 Å². The number of hydrogen-bond acceptors (Lipinski definition) is 5. The number of aromatic amines is 1. The lowest BCUT2D eigenvalue weighted by molar-refractivity contribution is -0.138. The molecule has 148 valence electrons. The molecule has 0 aliphatic carbocycles. The molecular weight excluding hydrogens is 374 g/mol. The first-order valence-electron chi connectivity index (χ1n) is 9.35. The van der Waals surface area contributed by atoms with Crippen LogP contribution in [0.5, 0.6) is 11.5 Å². The smallest absolute Gasteiger partial charge is 0.322 e. The van der Waals surface area contributed by atoms with Crippen LogP contribution >= 0.6 is 0 Å². The van der Waals surface area contributed by atoms with Gasteiger partial charge in [0.2, 0.25) is 12.7 Å². The van der Waals surface area contributed by atoms with Crippen LogP contribution in [0.2, 0.25) is 0 Å². The summed E-state index contributed by atoms with van der Waals surface area (Å²) in [6.45, 7) is -0.221. The van der Waals surface area contributed by atoms with E-state index in [9.17, 15) is 9.59 Å². The predicted molar refractivity (Wildman–Crippen MR) is 104 cm³/mol. The average molecular weight is 393 g/mol. The van der Waals surface area contributed by atoms with Gasteiger partial charge in [0.1, 0.15) is 6.54 Å². The van der Waals surface area contributed by atoms with Gasteiger partial charge in [-0.05, 0) is 35.7 Å². The highest BCUT2D eigenvalue weighted by Crippen LogP contribution is 2.39. The van der Waals surface area contributed by atoms with Crippen LogP contribution in [0.25, 0.3) is 10.9 Å². The fourth-order valence-electron chi connectivity index (χ4n) is 4.04. The van der Waals surface area contributed by atoms with Gasteiger partial charge in [-0.3, -0.25) is 14.9 Å². The van der Waals surface area contributed by atoms with Gasteiger partial charge in [-0.1, -0.05) is 24.3 Å². The predicted octanol–water partition coefficient (Wildman–Crippen LogP) is 1.70. The van der Waals surface area contributed by atoms with E-state index in [4.69, 9.17) is 14.6 Å². The number of carbonyl (C=O) groups is 2. The summed E-state index contributed by atoms with van der Waals surface area (Å²) in [5.74, 6) is -0.0556. The number of fused-ring (bicyclic) bond motifs is 4. The standard InChI is InChI=1S/C21H19N3O5/c25-18(26)9-22-21(27)15-8-13-12-3-1-2-4-14(12)23-20(13)19(24-15)11-5-6-16-17(7-11)29-10-28-16/h1-7,15,19,23-24H,8-10H2,(H,22,27)(H,25,26)/t15-,19-/m1/s1. The molecule has 0 spiro atoms. The molecule has 3 aromatic rings. The molecule has 0 bridgehead atoms. The maximum absolute atomic E-state index is 12.6. The molecule has 0 saturated heterocycles. The van der Waals surface area contributed by atoms with E-state index >= 15 is 0 Å². The molecule has 0 radical (unpaired) electrons. The van der Waals surface area contributed by atoms with Gasteiger partial charge in [0.15, 0.2) is 11.5 Å². The summed E-state index contributed by atoms with van der Waals surface area (Å²) in [6, 6.07) is 12.8. The summed E-state index contributed by atoms with van der Waals surface area (Å²) in [7, 11) is 0. The highest BCUT2D eigenvalue weighted by atomic mass is 16.7. The van der Waals surface area contributed by atoms with Crippen molar-refractivity contribution in [2.75, 3.05) is 13.3 Å². The van der Waals surface area contributed by atoms with Crippen molar-refractivity contribution in [2.24, 2.45) is 0 Å². The van der Waals surface area contributed by atoms with Crippen LogP contribution in [0.15, 0.2) is 42.5 Å². The lowest BCUT2D eigenvalue weighted by Gasteiger charge is -2.31. The minimum absolute atomic E-state index is 0.189. The molecule has 8 nitrogen and oxygen atoms in total. The van der Waals surface area contributed by atoms with Crippen LogP contribution < -0.4 is 20.1 Å². The fourth-order valence-corrected chi connectivity index (χ4v) is 4.04. The van der Waals surface area contributed by atoms with E-state index in [2.05, 4.69) is 15.6 Å². The van der Waals surface area contributed by atoms with Crippen LogP contribution in [0.3, 0.4) is 0 Å². The maximum Gasteiger partial charge on any atom is 0.322 e. The lowest BCUT2D eigenvalue weighted by Crippen LogP contribution is -2.50. The molecule has 4 N–H and O–H groups in total. The summed E-state index contributed by atoms with van der Waals surface area (Å²) < 4.78 is 10.9. The number of ether oxygens (including phenoxy) is 2. The zero-order chi connectivity index (χ0) is 20.0. The third-order valence-electron chi connectivity index (χ3n) is 5.37. The molecule has 0 unspecified atom stereocenters. The number of H-pyrrole nitrogens is 1. The minimum atomic E-state index is -1.07. The summed E-state index contributed by atoms with van der Waals surface area (Å²) in [6.07, 6.45) is 0.464. The van der Waals surface area contributed by atoms with Gasteiger partial charge in [0.25, 0.3) is 0 Å². The van der Waals surface area contributed by atoms with Crippen LogP contribution in [-0.2, 0) is 16.0 Å². The van der Waals surface area contributed by atoms with Crippen molar-refractivity contribution in [2.45, 2.75) is 18.5 Å². The van der Waals surface area contributed by atoms with Crippen LogP contribution in [-0.4, -0.2) is 41.3 Å². The number of carboxylic acids is 1. The van der Waals surface area contributed by atoms with E-state index in [1.54, 1.807) is 0 Å². The Morgan fingerprint density at radius 3 is 2.83 bits per heavy atom. The molecule has 1 amide bonds. The number of nitrogens with one attached hydrogen (secondary N) is 3. The number of para-hydroxylation sites is 1. The van der Waals surface area contributed by atoms with Crippen molar-refractivity contribution in [3.05, 3.63) is 59.3 Å². The largest absolute Gasteiger partial charge is 0.480 e. The molecule has 29 heavy (non-hydrogen) atoms. The molecule has 5 rings (SSSR count). The molecule has 2 aliphatic heterocycles. The third-order valence-corrected chi connectivity index (χ3v) is 5.37. The van der Waals surface area contributed by atoms with Gasteiger partial charge >= 0.3 is 5.97 Å². The Hall–Kier alpha value is -3.52. The van der Waals surface area contributed by atoms with E-state index < -0.39 is 18.6 Å². The topological polar surface area (TPSA) is 113 Å². The van der Waals surface area contributed by atoms with Crippen molar-refractivity contribution in [3.8, 4) is 11.5 Å². The van der Waals surface area contributed by atoms with Gasteiger partial charge in [-0.15, -0.1) is 0 Å². The second kappa shape index (κ2) is 6.82. The Bertz CT molecular complexity index is 1120. The number of amides is 1. The van der Waals surface area contributed by atoms with E-state index in [1.165, 1.54) is 0 Å². The molecule has 2 aromatic carbocycles. The Balaban J connectivity index is 1.56. The van der Waals surface area contributed by atoms with Crippen molar-refractivity contribution in [3.63, 3.8) is 0 Å². The van der Waals surface area contributed by atoms with Gasteiger partial charge in [-0.25, -0.2) is 0 Å². The SMILES string of the molecule is O=C(O)CNC(=O)[C@H]1Cc2c([nH]c3ccccc23)[C@@H](c2ccc3c(c2)OCO3)N1. The minimum Gasteiger partial charge on any atom is -0.480 e. The average Bonchev–Trinajstić information content (AvgIpc) is 3.35. The Kier molecular flexibility index (Phi) is 4.13. The fraction of sp³-hybridized carbons (Fsp3) is 0.238. The monoisotopic (exact) mass is 393 g/mol. The summed E-state index contributed by atoms with van der Waals surface area (Å²) >= 11 is 0. The van der Waals surface area contributed by atoms with Crippen molar-refractivity contribution in [1.82, 2.24) is 15.6 Å². The second-order valence-electron chi connectivity index (χ2n) is 7.14. The zero-order valence-corrected chi connectivity index (χ0v) is 15.4. The molecule has 8 heteroatoms. The van der Waals surface area contributed by atoms with Crippen molar-refractivity contribution < 1.29 is 24.2 Å². The molecule has 3 heterocycles. The number of carboxylic acid groups (broad SMARTS) is 1. The molecule has 2 atom stereocenters. The van der Waals surface area contributed by atoms with Gasteiger partial charge < -0.3 is 24.9 Å². The van der Waals surface area contributed by atoms with Crippen LogP contribution in [0.4, 0.5) is 0 Å². The molecule has 2 aliphatic rings. The third kappa shape index (κ3) is 3.07. The number of carbonyl (C=O) groups excluding carboxylic acids is 1. The number of hydrogen-bond donors (Lipinski definition) is 4. The number of aromatic nitrogens is 1. The highest BCUT2D eigenvalue weighted by molar-refractivity contribution is 5.89. The summed E-state index contributed by atoms with van der Waals surface area (Å²) in [4.78, 5) is 27.0.